The van der Waals surface area contributed by atoms with Gasteiger partial charge in [-0.3, -0.25) is 9.59 Å². The van der Waals surface area contributed by atoms with Crippen molar-refractivity contribution in [2.45, 2.75) is 57.4 Å². The summed E-state index contributed by atoms with van der Waals surface area (Å²) in [5, 5.41) is 6.18. The van der Waals surface area contributed by atoms with Crippen LogP contribution in [0.3, 0.4) is 0 Å². The standard InChI is InChI=1S/C14H21N3O2/c18-12-14(7-3-1-2-4-8-14)13(19)17-11(16-12)10-6-5-9-15-10/h10,15H,1-9H2,(H,16,17,18,19). The van der Waals surface area contributed by atoms with Gasteiger partial charge in [0.1, 0.15) is 11.3 Å². The minimum absolute atomic E-state index is 0.0519. The van der Waals surface area contributed by atoms with E-state index in [2.05, 4.69) is 15.6 Å². The monoisotopic (exact) mass is 263 g/mol. The summed E-state index contributed by atoms with van der Waals surface area (Å²) in [5.41, 5.74) is -0.862. The van der Waals surface area contributed by atoms with Crippen LogP contribution in [0.15, 0.2) is 4.99 Å². The van der Waals surface area contributed by atoms with Gasteiger partial charge in [-0.2, -0.15) is 4.99 Å². The van der Waals surface area contributed by atoms with Crippen molar-refractivity contribution in [2.24, 2.45) is 10.4 Å². The average Bonchev–Trinajstić information content (AvgIpc) is 2.81. The van der Waals surface area contributed by atoms with Crippen LogP contribution < -0.4 is 10.6 Å². The zero-order chi connectivity index (χ0) is 13.3. The van der Waals surface area contributed by atoms with Crippen molar-refractivity contribution < 1.29 is 9.59 Å². The predicted molar refractivity (Wildman–Crippen MR) is 71.7 cm³/mol. The Balaban J connectivity index is 1.85. The second-order valence-corrected chi connectivity index (χ2v) is 5.90. The van der Waals surface area contributed by atoms with Crippen LogP contribution in [0.4, 0.5) is 0 Å². The van der Waals surface area contributed by atoms with E-state index in [4.69, 9.17) is 0 Å². The highest BCUT2D eigenvalue weighted by Gasteiger charge is 2.49. The van der Waals surface area contributed by atoms with Crippen molar-refractivity contribution in [1.29, 1.82) is 0 Å². The van der Waals surface area contributed by atoms with Crippen LogP contribution in [0.2, 0.25) is 0 Å². The molecule has 0 bridgehead atoms. The van der Waals surface area contributed by atoms with E-state index < -0.39 is 5.41 Å². The summed E-state index contributed by atoms with van der Waals surface area (Å²) in [7, 11) is 0. The van der Waals surface area contributed by atoms with Crippen LogP contribution >= 0.6 is 0 Å². The van der Waals surface area contributed by atoms with E-state index in [9.17, 15) is 9.59 Å². The fourth-order valence-electron chi connectivity index (χ4n) is 3.43. The summed E-state index contributed by atoms with van der Waals surface area (Å²) < 4.78 is 0. The maximum Gasteiger partial charge on any atom is 0.263 e. The Morgan fingerprint density at radius 1 is 1.05 bits per heavy atom. The summed E-state index contributed by atoms with van der Waals surface area (Å²) in [6.07, 6.45) is 7.46. The second-order valence-electron chi connectivity index (χ2n) is 5.90. The molecule has 2 amide bonds. The molecule has 2 heterocycles. The number of aliphatic imine (C=N–C) groups is 1. The Bertz CT molecular complexity index is 416. The van der Waals surface area contributed by atoms with Crippen LogP contribution in [-0.4, -0.2) is 30.2 Å². The molecule has 1 saturated heterocycles. The van der Waals surface area contributed by atoms with Crippen molar-refractivity contribution in [3.05, 3.63) is 0 Å². The zero-order valence-corrected chi connectivity index (χ0v) is 11.2. The molecule has 19 heavy (non-hydrogen) atoms. The van der Waals surface area contributed by atoms with Gasteiger partial charge in [0.25, 0.3) is 5.91 Å². The molecule has 5 heteroatoms. The zero-order valence-electron chi connectivity index (χ0n) is 11.2. The van der Waals surface area contributed by atoms with Gasteiger partial charge >= 0.3 is 0 Å². The smallest absolute Gasteiger partial charge is 0.263 e. The molecule has 1 spiro atoms. The molecule has 104 valence electrons. The summed E-state index contributed by atoms with van der Waals surface area (Å²) in [6, 6.07) is 0.0519. The second kappa shape index (κ2) is 5.04. The van der Waals surface area contributed by atoms with Crippen molar-refractivity contribution in [2.75, 3.05) is 6.54 Å². The lowest BCUT2D eigenvalue weighted by molar-refractivity contribution is -0.142. The molecule has 2 N–H and O–H groups in total. The van der Waals surface area contributed by atoms with E-state index in [1.165, 1.54) is 0 Å². The maximum absolute atomic E-state index is 12.5. The maximum atomic E-state index is 12.5. The van der Waals surface area contributed by atoms with Crippen LogP contribution in [0, 0.1) is 5.41 Å². The predicted octanol–water partition coefficient (Wildman–Crippen LogP) is 1.13. The SMILES string of the molecule is O=C1N=C(C2CCCN2)NC(=O)C12CCCCCC2. The first-order valence-electron chi connectivity index (χ1n) is 7.40. The third-order valence-corrected chi connectivity index (χ3v) is 4.66. The largest absolute Gasteiger partial charge is 0.312 e. The van der Waals surface area contributed by atoms with Crippen molar-refractivity contribution in [1.82, 2.24) is 10.6 Å². The van der Waals surface area contributed by atoms with Crippen LogP contribution in [-0.2, 0) is 9.59 Å². The quantitative estimate of drug-likeness (QED) is 0.697. The van der Waals surface area contributed by atoms with Gasteiger partial charge in [-0.25, -0.2) is 0 Å². The molecule has 0 radical (unpaired) electrons. The van der Waals surface area contributed by atoms with Gasteiger partial charge in [0.2, 0.25) is 5.91 Å². The molecule has 0 aromatic carbocycles. The topological polar surface area (TPSA) is 70.6 Å². The molecule has 2 fully saturated rings. The molecule has 0 aromatic heterocycles. The number of amidine groups is 1. The first-order valence-corrected chi connectivity index (χ1v) is 7.40. The molecule has 1 aliphatic carbocycles. The number of nitrogens with zero attached hydrogens (tertiary/aromatic N) is 1. The number of carbonyl (C=O) groups is 2. The Morgan fingerprint density at radius 3 is 2.37 bits per heavy atom. The van der Waals surface area contributed by atoms with Gasteiger partial charge in [-0.1, -0.05) is 25.7 Å². The lowest BCUT2D eigenvalue weighted by atomic mass is 9.77. The number of rotatable bonds is 1. The van der Waals surface area contributed by atoms with Crippen molar-refractivity contribution >= 4 is 17.6 Å². The molecule has 1 atom stereocenters. The van der Waals surface area contributed by atoms with E-state index >= 15 is 0 Å². The van der Waals surface area contributed by atoms with Gasteiger partial charge in [0.05, 0.1) is 6.04 Å². The summed E-state index contributed by atoms with van der Waals surface area (Å²) in [6.45, 7) is 0.929. The first-order chi connectivity index (χ1) is 9.22. The number of amides is 2. The van der Waals surface area contributed by atoms with Crippen molar-refractivity contribution in [3.8, 4) is 0 Å². The van der Waals surface area contributed by atoms with Gasteiger partial charge in [0.15, 0.2) is 0 Å². The van der Waals surface area contributed by atoms with Crippen LogP contribution in [0.25, 0.3) is 0 Å². The molecule has 3 rings (SSSR count). The van der Waals surface area contributed by atoms with Gasteiger partial charge < -0.3 is 10.6 Å². The molecular formula is C14H21N3O2. The van der Waals surface area contributed by atoms with E-state index in [1.54, 1.807) is 0 Å². The van der Waals surface area contributed by atoms with Gasteiger partial charge in [-0.05, 0) is 32.2 Å². The highest BCUT2D eigenvalue weighted by atomic mass is 16.2. The Morgan fingerprint density at radius 2 is 1.79 bits per heavy atom. The highest BCUT2D eigenvalue weighted by molar-refractivity contribution is 6.19. The molecule has 1 saturated carbocycles. The van der Waals surface area contributed by atoms with Gasteiger partial charge in [0, 0.05) is 0 Å². The lowest BCUT2D eigenvalue weighted by Gasteiger charge is -2.33. The number of hydrogen-bond donors (Lipinski definition) is 2. The van der Waals surface area contributed by atoms with Gasteiger partial charge in [-0.15, -0.1) is 0 Å². The van der Waals surface area contributed by atoms with Crippen LogP contribution in [0.5, 0.6) is 0 Å². The minimum Gasteiger partial charge on any atom is -0.312 e. The molecule has 1 unspecified atom stereocenters. The lowest BCUT2D eigenvalue weighted by Crippen LogP contribution is -2.56. The number of hydrogen-bond acceptors (Lipinski definition) is 3. The Labute approximate surface area is 113 Å². The van der Waals surface area contributed by atoms with E-state index in [1.807, 2.05) is 0 Å². The summed E-state index contributed by atoms with van der Waals surface area (Å²) in [5.74, 6) is 0.224. The Kier molecular flexibility index (Phi) is 3.39. The molecule has 3 aliphatic rings. The molecule has 2 aliphatic heterocycles. The normalized spacial score (nSPS) is 30.9. The molecule has 0 aromatic rings. The van der Waals surface area contributed by atoms with E-state index in [0.717, 1.165) is 45.1 Å². The van der Waals surface area contributed by atoms with Crippen LogP contribution in [0.1, 0.15) is 51.4 Å². The molecular weight excluding hydrogens is 242 g/mol. The fourth-order valence-corrected chi connectivity index (χ4v) is 3.43. The third kappa shape index (κ3) is 2.20. The molecule has 5 nitrogen and oxygen atoms in total. The average molecular weight is 263 g/mol. The first kappa shape index (κ1) is 12.8. The Hall–Kier alpha value is -1.23. The minimum atomic E-state index is -0.862. The third-order valence-electron chi connectivity index (χ3n) is 4.66. The van der Waals surface area contributed by atoms with E-state index in [-0.39, 0.29) is 17.9 Å². The highest BCUT2D eigenvalue weighted by Crippen LogP contribution is 2.38. The number of carbonyl (C=O) groups excluding carboxylic acids is 2. The number of nitrogens with one attached hydrogen (secondary N) is 2. The fraction of sp³-hybridized carbons (Fsp3) is 0.786. The van der Waals surface area contributed by atoms with E-state index in [0.29, 0.717) is 18.7 Å². The summed E-state index contributed by atoms with van der Waals surface area (Å²) >= 11 is 0. The van der Waals surface area contributed by atoms with Crippen molar-refractivity contribution in [3.63, 3.8) is 0 Å². The summed E-state index contributed by atoms with van der Waals surface area (Å²) in [4.78, 5) is 29.1.